The van der Waals surface area contributed by atoms with Crippen molar-refractivity contribution in [2.45, 2.75) is 32.2 Å². The van der Waals surface area contributed by atoms with Gasteiger partial charge in [-0.2, -0.15) is 0 Å². The van der Waals surface area contributed by atoms with Gasteiger partial charge in [0.2, 0.25) is 5.91 Å². The molecular formula is C23H28N4O2. The van der Waals surface area contributed by atoms with Crippen molar-refractivity contribution in [3.63, 3.8) is 0 Å². The van der Waals surface area contributed by atoms with Crippen molar-refractivity contribution in [1.29, 1.82) is 0 Å². The lowest BCUT2D eigenvalue weighted by Crippen LogP contribution is -2.41. The van der Waals surface area contributed by atoms with E-state index < -0.39 is 0 Å². The molecule has 1 aliphatic rings. The van der Waals surface area contributed by atoms with Crippen LogP contribution in [0.15, 0.2) is 48.8 Å². The van der Waals surface area contributed by atoms with E-state index in [0.29, 0.717) is 25.6 Å². The second kappa shape index (κ2) is 9.09. The van der Waals surface area contributed by atoms with Crippen molar-refractivity contribution >= 4 is 16.9 Å². The van der Waals surface area contributed by atoms with Crippen molar-refractivity contribution in [1.82, 2.24) is 20.2 Å². The quantitative estimate of drug-likeness (QED) is 0.646. The molecule has 1 amide bonds. The molecule has 6 heteroatoms. The Bertz CT molecular complexity index is 960. The van der Waals surface area contributed by atoms with Crippen molar-refractivity contribution < 1.29 is 9.53 Å². The Morgan fingerprint density at radius 3 is 2.97 bits per heavy atom. The summed E-state index contributed by atoms with van der Waals surface area (Å²) in [6.45, 7) is 5.45. The molecule has 0 spiro atoms. The van der Waals surface area contributed by atoms with Gasteiger partial charge in [0.15, 0.2) is 0 Å². The maximum atomic E-state index is 12.4. The van der Waals surface area contributed by atoms with Gasteiger partial charge in [-0.1, -0.05) is 12.1 Å². The fourth-order valence-electron chi connectivity index (χ4n) is 4.09. The summed E-state index contributed by atoms with van der Waals surface area (Å²) in [7, 11) is 0. The lowest BCUT2D eigenvalue weighted by molar-refractivity contribution is -0.122. The Hall–Kier alpha value is -2.86. The van der Waals surface area contributed by atoms with E-state index in [9.17, 15) is 4.79 Å². The first-order chi connectivity index (χ1) is 14.2. The topological polar surface area (TPSA) is 70.2 Å². The molecule has 3 heterocycles. The van der Waals surface area contributed by atoms with E-state index in [1.807, 2.05) is 43.5 Å². The Morgan fingerprint density at radius 2 is 2.14 bits per heavy atom. The zero-order valence-electron chi connectivity index (χ0n) is 16.9. The number of carbonyl (C=O) groups excluding carboxylic acids is 1. The molecule has 1 saturated heterocycles. The van der Waals surface area contributed by atoms with Crippen LogP contribution < -0.4 is 10.1 Å². The summed E-state index contributed by atoms with van der Waals surface area (Å²) in [5, 5.41) is 4.25. The molecular weight excluding hydrogens is 364 g/mol. The monoisotopic (exact) mass is 392 g/mol. The van der Waals surface area contributed by atoms with Gasteiger partial charge in [-0.15, -0.1) is 0 Å². The van der Waals surface area contributed by atoms with Gasteiger partial charge in [0.1, 0.15) is 11.4 Å². The summed E-state index contributed by atoms with van der Waals surface area (Å²) in [5.41, 5.74) is 3.36. The summed E-state index contributed by atoms with van der Waals surface area (Å²) in [4.78, 5) is 22.3. The number of aromatic amines is 1. The number of nitrogens with one attached hydrogen (secondary N) is 2. The number of likely N-dealkylation sites (tertiary alicyclic amines) is 1. The molecule has 4 rings (SSSR count). The van der Waals surface area contributed by atoms with E-state index in [0.717, 1.165) is 42.9 Å². The van der Waals surface area contributed by atoms with E-state index in [1.165, 1.54) is 10.9 Å². The van der Waals surface area contributed by atoms with E-state index in [-0.39, 0.29) is 5.91 Å². The highest BCUT2D eigenvalue weighted by Gasteiger charge is 2.24. The molecule has 1 aliphatic heterocycles. The number of hydrogen-bond acceptors (Lipinski definition) is 4. The van der Waals surface area contributed by atoms with Gasteiger partial charge in [-0.3, -0.25) is 9.69 Å². The number of piperidine rings is 1. The summed E-state index contributed by atoms with van der Waals surface area (Å²) in [6, 6.07) is 12.0. The molecule has 1 fully saturated rings. The Morgan fingerprint density at radius 1 is 1.28 bits per heavy atom. The SMILES string of the molecule is CCOc1cccc(CNC(=O)CN2CCC(c3c[nH]c4ncccc34)CC2)c1. The van der Waals surface area contributed by atoms with Gasteiger partial charge < -0.3 is 15.0 Å². The molecule has 2 N–H and O–H groups in total. The third-order valence-corrected chi connectivity index (χ3v) is 5.58. The van der Waals surface area contributed by atoms with Gasteiger partial charge in [-0.05, 0) is 74.2 Å². The third-order valence-electron chi connectivity index (χ3n) is 5.58. The fourth-order valence-corrected chi connectivity index (χ4v) is 4.09. The smallest absolute Gasteiger partial charge is 0.234 e. The minimum Gasteiger partial charge on any atom is -0.494 e. The number of nitrogens with zero attached hydrogens (tertiary/aromatic N) is 2. The van der Waals surface area contributed by atoms with Crippen LogP contribution in [0.25, 0.3) is 11.0 Å². The predicted octanol–water partition coefficient (Wildman–Crippen LogP) is 3.46. The molecule has 3 aromatic rings. The number of amides is 1. The average Bonchev–Trinajstić information content (AvgIpc) is 3.18. The molecule has 0 bridgehead atoms. The lowest BCUT2D eigenvalue weighted by atomic mass is 9.89. The molecule has 1 aromatic carbocycles. The van der Waals surface area contributed by atoms with Crippen LogP contribution in [-0.2, 0) is 11.3 Å². The number of H-pyrrole nitrogens is 1. The molecule has 0 saturated carbocycles. The molecule has 0 unspecified atom stereocenters. The van der Waals surface area contributed by atoms with Crippen molar-refractivity contribution in [2.24, 2.45) is 0 Å². The number of aromatic nitrogens is 2. The van der Waals surface area contributed by atoms with E-state index in [4.69, 9.17) is 4.74 Å². The summed E-state index contributed by atoms with van der Waals surface area (Å²) < 4.78 is 5.52. The number of hydrogen-bond donors (Lipinski definition) is 2. The highest BCUT2D eigenvalue weighted by atomic mass is 16.5. The minimum absolute atomic E-state index is 0.0709. The first-order valence-corrected chi connectivity index (χ1v) is 10.4. The summed E-state index contributed by atoms with van der Waals surface area (Å²) in [5.74, 6) is 1.43. The van der Waals surface area contributed by atoms with Crippen LogP contribution >= 0.6 is 0 Å². The summed E-state index contributed by atoms with van der Waals surface area (Å²) in [6.07, 6.45) is 6.04. The number of pyridine rings is 1. The van der Waals surface area contributed by atoms with Crippen LogP contribution in [-0.4, -0.2) is 47.0 Å². The third kappa shape index (κ3) is 4.77. The fraction of sp³-hybridized carbons (Fsp3) is 0.391. The van der Waals surface area contributed by atoms with Gasteiger partial charge >= 0.3 is 0 Å². The van der Waals surface area contributed by atoms with Crippen molar-refractivity contribution in [3.8, 4) is 5.75 Å². The Labute approximate surface area is 171 Å². The number of fused-ring (bicyclic) bond motifs is 1. The Balaban J connectivity index is 1.25. The van der Waals surface area contributed by atoms with E-state index in [2.05, 4.69) is 32.4 Å². The minimum atomic E-state index is 0.0709. The van der Waals surface area contributed by atoms with Crippen LogP contribution in [0.1, 0.15) is 36.8 Å². The molecule has 152 valence electrons. The Kier molecular flexibility index (Phi) is 6.10. The van der Waals surface area contributed by atoms with E-state index in [1.54, 1.807) is 0 Å². The molecule has 6 nitrogen and oxygen atoms in total. The second-order valence-electron chi connectivity index (χ2n) is 7.55. The largest absolute Gasteiger partial charge is 0.494 e. The standard InChI is InChI=1S/C23H28N4O2/c1-2-29-19-6-3-5-17(13-19)14-25-22(28)16-27-11-8-18(9-12-27)21-15-26-23-20(21)7-4-10-24-23/h3-7,10,13,15,18H,2,8-9,11-12,14,16H2,1H3,(H,24,26)(H,25,28). The summed E-state index contributed by atoms with van der Waals surface area (Å²) >= 11 is 0. The van der Waals surface area contributed by atoms with Crippen LogP contribution in [0.2, 0.25) is 0 Å². The van der Waals surface area contributed by atoms with Crippen LogP contribution in [0, 0.1) is 0 Å². The highest BCUT2D eigenvalue weighted by Crippen LogP contribution is 2.32. The van der Waals surface area contributed by atoms with Gasteiger partial charge in [0.25, 0.3) is 0 Å². The molecule has 0 atom stereocenters. The highest BCUT2D eigenvalue weighted by molar-refractivity contribution is 5.80. The van der Waals surface area contributed by atoms with Gasteiger partial charge in [-0.25, -0.2) is 4.98 Å². The zero-order chi connectivity index (χ0) is 20.1. The molecule has 29 heavy (non-hydrogen) atoms. The lowest BCUT2D eigenvalue weighted by Gasteiger charge is -2.31. The first kappa shape index (κ1) is 19.5. The van der Waals surface area contributed by atoms with Gasteiger partial charge in [0.05, 0.1) is 13.2 Å². The predicted molar refractivity (Wildman–Crippen MR) is 114 cm³/mol. The van der Waals surface area contributed by atoms with Gasteiger partial charge in [0, 0.05) is 24.3 Å². The van der Waals surface area contributed by atoms with Crippen molar-refractivity contribution in [3.05, 3.63) is 59.9 Å². The maximum Gasteiger partial charge on any atom is 0.234 e. The van der Waals surface area contributed by atoms with Crippen molar-refractivity contribution in [2.75, 3.05) is 26.2 Å². The first-order valence-electron chi connectivity index (χ1n) is 10.4. The van der Waals surface area contributed by atoms with Crippen LogP contribution in [0.3, 0.4) is 0 Å². The maximum absolute atomic E-state index is 12.4. The molecule has 0 aliphatic carbocycles. The number of carbonyl (C=O) groups is 1. The molecule has 2 aromatic heterocycles. The molecule has 0 radical (unpaired) electrons. The number of rotatable bonds is 7. The number of benzene rings is 1. The van der Waals surface area contributed by atoms with Crippen LogP contribution in [0.5, 0.6) is 5.75 Å². The van der Waals surface area contributed by atoms with Crippen LogP contribution in [0.4, 0.5) is 0 Å². The normalized spacial score (nSPS) is 15.5. The zero-order valence-corrected chi connectivity index (χ0v) is 16.9. The van der Waals surface area contributed by atoms with E-state index >= 15 is 0 Å². The second-order valence-corrected chi connectivity index (χ2v) is 7.55. The average molecular weight is 393 g/mol. The number of ether oxygens (including phenoxy) is 1.